The summed E-state index contributed by atoms with van der Waals surface area (Å²) in [6.07, 6.45) is 3.78. The second-order valence-corrected chi connectivity index (χ2v) is 6.02. The molecule has 90 valence electrons. The Morgan fingerprint density at radius 3 is 2.67 bits per heavy atom. The van der Waals surface area contributed by atoms with E-state index in [0.29, 0.717) is 0 Å². The Morgan fingerprint density at radius 1 is 1.22 bits per heavy atom. The van der Waals surface area contributed by atoms with Crippen LogP contribution >= 0.6 is 38.5 Å². The smallest absolute Gasteiger partial charge is 0.164 e. The van der Waals surface area contributed by atoms with Crippen LogP contribution in [0.25, 0.3) is 16.9 Å². The first kappa shape index (κ1) is 12.1. The second-order valence-electron chi connectivity index (χ2n) is 4.05. The predicted octanol–water partition coefficient (Wildman–Crippen LogP) is 4.10. The summed E-state index contributed by atoms with van der Waals surface area (Å²) >= 11 is 5.64. The van der Waals surface area contributed by atoms with Crippen molar-refractivity contribution in [3.63, 3.8) is 0 Å². The molecule has 2 heterocycles. The van der Waals surface area contributed by atoms with E-state index in [9.17, 15) is 0 Å². The van der Waals surface area contributed by atoms with Crippen molar-refractivity contribution in [3.05, 3.63) is 50.4 Å². The van der Waals surface area contributed by atoms with Gasteiger partial charge in [-0.05, 0) is 57.6 Å². The Hall–Kier alpha value is -0.950. The lowest BCUT2D eigenvalue weighted by Crippen LogP contribution is -1.94. The fourth-order valence-corrected chi connectivity index (χ4v) is 2.76. The van der Waals surface area contributed by atoms with Gasteiger partial charge in [0.05, 0.1) is 9.77 Å². The molecular formula is C13H9BrIN3. The summed E-state index contributed by atoms with van der Waals surface area (Å²) in [5, 5.41) is 0. The highest BCUT2D eigenvalue weighted by molar-refractivity contribution is 14.1. The largest absolute Gasteiger partial charge is 0.299 e. The number of rotatable bonds is 1. The zero-order valence-corrected chi connectivity index (χ0v) is 13.3. The monoisotopic (exact) mass is 413 g/mol. The van der Waals surface area contributed by atoms with Crippen LogP contribution in [0.1, 0.15) is 5.56 Å². The molecule has 0 aliphatic heterocycles. The summed E-state index contributed by atoms with van der Waals surface area (Å²) in [4.78, 5) is 8.91. The summed E-state index contributed by atoms with van der Waals surface area (Å²) in [6, 6.07) is 8.38. The average molecular weight is 414 g/mol. The molecule has 0 spiro atoms. The number of nitrogens with zero attached hydrogens (tertiary/aromatic N) is 3. The molecule has 2 aromatic heterocycles. The lowest BCUT2D eigenvalue weighted by Gasteiger charge is -2.04. The van der Waals surface area contributed by atoms with Crippen molar-refractivity contribution in [1.29, 1.82) is 0 Å². The molecule has 0 saturated heterocycles. The number of benzene rings is 1. The van der Waals surface area contributed by atoms with Crippen LogP contribution in [-0.4, -0.2) is 14.5 Å². The molecule has 18 heavy (non-hydrogen) atoms. The van der Waals surface area contributed by atoms with Crippen LogP contribution in [0, 0.1) is 10.5 Å². The number of hydrogen-bond acceptors (Lipinski definition) is 2. The molecule has 0 radical (unpaired) electrons. The second kappa shape index (κ2) is 4.62. The van der Waals surface area contributed by atoms with Crippen molar-refractivity contribution in [2.45, 2.75) is 6.92 Å². The number of aryl methyl sites for hydroxylation is 1. The Morgan fingerprint density at radius 2 is 1.94 bits per heavy atom. The highest BCUT2D eigenvalue weighted by Crippen LogP contribution is 2.24. The molecule has 3 rings (SSSR count). The van der Waals surface area contributed by atoms with Crippen LogP contribution in [0.3, 0.4) is 0 Å². The van der Waals surface area contributed by atoms with Gasteiger partial charge in [-0.1, -0.05) is 17.7 Å². The zero-order valence-electron chi connectivity index (χ0n) is 9.56. The lowest BCUT2D eigenvalue weighted by atomic mass is 10.2. The number of aromatic nitrogens is 3. The maximum Gasteiger partial charge on any atom is 0.164 e. The summed E-state index contributed by atoms with van der Waals surface area (Å²) in [6.45, 7) is 2.08. The minimum Gasteiger partial charge on any atom is -0.299 e. The molecule has 3 aromatic rings. The lowest BCUT2D eigenvalue weighted by molar-refractivity contribution is 1.08. The number of hydrogen-bond donors (Lipinski definition) is 0. The van der Waals surface area contributed by atoms with E-state index in [-0.39, 0.29) is 0 Å². The van der Waals surface area contributed by atoms with Gasteiger partial charge >= 0.3 is 0 Å². The average Bonchev–Trinajstić information content (AvgIpc) is 2.68. The predicted molar refractivity (Wildman–Crippen MR) is 84.0 cm³/mol. The number of halogens is 2. The minimum absolute atomic E-state index is 0.759. The van der Waals surface area contributed by atoms with Gasteiger partial charge in [0, 0.05) is 11.9 Å². The Kier molecular flexibility index (Phi) is 3.11. The van der Waals surface area contributed by atoms with E-state index >= 15 is 0 Å². The Bertz CT molecular complexity index is 719. The third-order valence-electron chi connectivity index (χ3n) is 2.73. The van der Waals surface area contributed by atoms with Crippen molar-refractivity contribution >= 4 is 49.7 Å². The van der Waals surface area contributed by atoms with Gasteiger partial charge in [0.2, 0.25) is 0 Å². The van der Waals surface area contributed by atoms with Gasteiger partial charge in [-0.3, -0.25) is 4.57 Å². The Balaban J connectivity index is 2.26. The molecule has 0 aliphatic rings. The van der Waals surface area contributed by atoms with Crippen LogP contribution in [0.4, 0.5) is 0 Å². The molecule has 0 N–H and O–H groups in total. The van der Waals surface area contributed by atoms with Gasteiger partial charge in [-0.2, -0.15) is 0 Å². The maximum atomic E-state index is 4.46. The molecule has 0 fully saturated rings. The van der Waals surface area contributed by atoms with Gasteiger partial charge in [0.25, 0.3) is 0 Å². The fraction of sp³-hybridized carbons (Fsp3) is 0.0769. The van der Waals surface area contributed by atoms with Crippen molar-refractivity contribution in [2.24, 2.45) is 0 Å². The molecule has 0 aliphatic carbocycles. The number of fused-ring (bicyclic) bond motifs is 1. The van der Waals surface area contributed by atoms with Gasteiger partial charge < -0.3 is 0 Å². The first-order chi connectivity index (χ1) is 8.65. The molecule has 1 aromatic carbocycles. The first-order valence-corrected chi connectivity index (χ1v) is 7.28. The fourth-order valence-electron chi connectivity index (χ4n) is 1.84. The Labute approximate surface area is 127 Å². The molecule has 5 heteroatoms. The standard InChI is InChI=1S/C13H9BrIN3/c1-8-2-4-9(5-3-8)18-7-10(15)12-13(18)16-6-11(14)17-12/h2-7H,1H3. The van der Waals surface area contributed by atoms with E-state index < -0.39 is 0 Å². The first-order valence-electron chi connectivity index (χ1n) is 5.41. The van der Waals surface area contributed by atoms with E-state index in [1.807, 2.05) is 0 Å². The molecular weight excluding hydrogens is 405 g/mol. The summed E-state index contributed by atoms with van der Waals surface area (Å²) in [7, 11) is 0. The van der Waals surface area contributed by atoms with Crippen LogP contribution in [-0.2, 0) is 0 Å². The van der Waals surface area contributed by atoms with Crippen LogP contribution < -0.4 is 0 Å². The van der Waals surface area contributed by atoms with Crippen molar-refractivity contribution in [2.75, 3.05) is 0 Å². The molecule has 3 nitrogen and oxygen atoms in total. The third kappa shape index (κ3) is 2.05. The highest BCUT2D eigenvalue weighted by Gasteiger charge is 2.10. The van der Waals surface area contributed by atoms with E-state index in [4.69, 9.17) is 0 Å². The van der Waals surface area contributed by atoms with Crippen molar-refractivity contribution < 1.29 is 0 Å². The topological polar surface area (TPSA) is 30.7 Å². The van der Waals surface area contributed by atoms with E-state index in [2.05, 4.69) is 90.4 Å². The van der Waals surface area contributed by atoms with Crippen molar-refractivity contribution in [1.82, 2.24) is 14.5 Å². The molecule has 0 saturated carbocycles. The van der Waals surface area contributed by atoms with E-state index in [1.165, 1.54) is 5.56 Å². The van der Waals surface area contributed by atoms with Gasteiger partial charge in [0.1, 0.15) is 10.1 Å². The van der Waals surface area contributed by atoms with Gasteiger partial charge in [-0.25, -0.2) is 9.97 Å². The third-order valence-corrected chi connectivity index (χ3v) is 3.90. The zero-order chi connectivity index (χ0) is 12.7. The quantitative estimate of drug-likeness (QED) is 0.562. The highest BCUT2D eigenvalue weighted by atomic mass is 127. The van der Waals surface area contributed by atoms with E-state index in [0.717, 1.165) is 25.0 Å². The summed E-state index contributed by atoms with van der Waals surface area (Å²) in [5.41, 5.74) is 4.15. The van der Waals surface area contributed by atoms with Gasteiger partial charge in [0.15, 0.2) is 5.65 Å². The maximum absolute atomic E-state index is 4.46. The summed E-state index contributed by atoms with van der Waals surface area (Å²) in [5.74, 6) is 0. The van der Waals surface area contributed by atoms with Gasteiger partial charge in [-0.15, -0.1) is 0 Å². The molecule has 0 bridgehead atoms. The van der Waals surface area contributed by atoms with Crippen LogP contribution in [0.15, 0.2) is 41.3 Å². The van der Waals surface area contributed by atoms with Crippen LogP contribution in [0.2, 0.25) is 0 Å². The summed E-state index contributed by atoms with van der Waals surface area (Å²) < 4.78 is 3.92. The van der Waals surface area contributed by atoms with E-state index in [1.54, 1.807) is 6.20 Å². The normalized spacial score (nSPS) is 11.1. The SMILES string of the molecule is Cc1ccc(-n2cc(I)c3nc(Br)cnc32)cc1. The molecule has 0 unspecified atom stereocenters. The minimum atomic E-state index is 0.759. The van der Waals surface area contributed by atoms with Crippen LogP contribution in [0.5, 0.6) is 0 Å². The molecule has 0 amide bonds. The molecule has 0 atom stereocenters. The van der Waals surface area contributed by atoms with Crippen molar-refractivity contribution in [3.8, 4) is 5.69 Å².